The summed E-state index contributed by atoms with van der Waals surface area (Å²) in [6.07, 6.45) is 6.67. The molecule has 1 fully saturated rings. The maximum Gasteiger partial charge on any atom is 0.0705 e. The number of hydrogen-bond donors (Lipinski definition) is 0. The molecular formula is C26H36S2. The highest BCUT2D eigenvalue weighted by molar-refractivity contribution is 8.18. The molecule has 0 atom stereocenters. The van der Waals surface area contributed by atoms with Crippen molar-refractivity contribution < 1.29 is 0 Å². The minimum absolute atomic E-state index is 0.218. The van der Waals surface area contributed by atoms with Crippen LogP contribution in [0.1, 0.15) is 84.8 Å². The third-order valence-electron chi connectivity index (χ3n) is 5.66. The van der Waals surface area contributed by atoms with Crippen LogP contribution in [-0.2, 0) is 10.8 Å². The van der Waals surface area contributed by atoms with Gasteiger partial charge in [-0.3, -0.25) is 0 Å². The first kappa shape index (κ1) is 21.8. The molecule has 0 saturated heterocycles. The van der Waals surface area contributed by atoms with Gasteiger partial charge in [0, 0.05) is 9.79 Å². The van der Waals surface area contributed by atoms with Crippen molar-refractivity contribution in [3.63, 3.8) is 0 Å². The third-order valence-corrected chi connectivity index (χ3v) is 8.74. The van der Waals surface area contributed by atoms with Gasteiger partial charge in [0.25, 0.3) is 0 Å². The molecule has 28 heavy (non-hydrogen) atoms. The van der Waals surface area contributed by atoms with Gasteiger partial charge < -0.3 is 0 Å². The van der Waals surface area contributed by atoms with E-state index in [2.05, 4.69) is 114 Å². The Morgan fingerprint density at radius 2 is 0.929 bits per heavy atom. The summed E-state index contributed by atoms with van der Waals surface area (Å²) in [5.74, 6) is 0. The van der Waals surface area contributed by atoms with E-state index in [4.69, 9.17) is 0 Å². The molecule has 2 aromatic carbocycles. The van der Waals surface area contributed by atoms with Gasteiger partial charge in [0.1, 0.15) is 0 Å². The normalized spacial score (nSPS) is 17.5. The number of benzene rings is 2. The summed E-state index contributed by atoms with van der Waals surface area (Å²) in [5.41, 5.74) is 3.27. The number of rotatable bonds is 4. The van der Waals surface area contributed by atoms with Crippen LogP contribution in [0.4, 0.5) is 0 Å². The number of hydrogen-bond acceptors (Lipinski definition) is 2. The second-order valence-electron chi connectivity index (χ2n) is 10.2. The fourth-order valence-corrected chi connectivity index (χ4v) is 6.92. The molecule has 0 unspecified atom stereocenters. The fraction of sp³-hybridized carbons (Fsp3) is 0.538. The summed E-state index contributed by atoms with van der Waals surface area (Å²) in [7, 11) is 0. The quantitative estimate of drug-likeness (QED) is 0.460. The van der Waals surface area contributed by atoms with Crippen molar-refractivity contribution in [2.45, 2.75) is 98.3 Å². The van der Waals surface area contributed by atoms with Gasteiger partial charge in [0.2, 0.25) is 0 Å². The van der Waals surface area contributed by atoms with E-state index in [1.54, 1.807) is 0 Å². The van der Waals surface area contributed by atoms with Crippen LogP contribution < -0.4 is 0 Å². The van der Waals surface area contributed by atoms with E-state index in [1.807, 2.05) is 0 Å². The molecule has 1 saturated carbocycles. The molecule has 3 rings (SSSR count). The summed E-state index contributed by atoms with van der Waals surface area (Å²) in [6.45, 7) is 13.7. The zero-order valence-corrected chi connectivity index (χ0v) is 20.1. The lowest BCUT2D eigenvalue weighted by Crippen LogP contribution is -2.23. The lowest BCUT2D eigenvalue weighted by atomic mass is 9.87. The van der Waals surface area contributed by atoms with Gasteiger partial charge in [-0.1, -0.05) is 85.1 Å². The molecule has 0 heterocycles. The zero-order valence-electron chi connectivity index (χ0n) is 18.5. The average Bonchev–Trinajstić information content (AvgIpc) is 2.62. The van der Waals surface area contributed by atoms with E-state index >= 15 is 0 Å². The Bertz CT molecular complexity index is 691. The molecular weight excluding hydrogens is 376 g/mol. The first-order valence-electron chi connectivity index (χ1n) is 10.7. The van der Waals surface area contributed by atoms with Crippen molar-refractivity contribution in [2.24, 2.45) is 0 Å². The van der Waals surface area contributed by atoms with Crippen LogP contribution in [-0.4, -0.2) is 4.08 Å². The summed E-state index contributed by atoms with van der Waals surface area (Å²) < 4.78 is 0.269. The van der Waals surface area contributed by atoms with Crippen molar-refractivity contribution in [2.75, 3.05) is 0 Å². The van der Waals surface area contributed by atoms with E-state index in [9.17, 15) is 0 Å². The monoisotopic (exact) mass is 412 g/mol. The Hall–Kier alpha value is -0.860. The summed E-state index contributed by atoms with van der Waals surface area (Å²) in [5, 5.41) is 0. The first-order chi connectivity index (χ1) is 13.1. The molecule has 0 amide bonds. The molecule has 152 valence electrons. The minimum Gasteiger partial charge on any atom is -0.108 e. The smallest absolute Gasteiger partial charge is 0.0705 e. The van der Waals surface area contributed by atoms with Gasteiger partial charge in [-0.2, -0.15) is 0 Å². The molecule has 2 aromatic rings. The Kier molecular flexibility index (Phi) is 6.61. The Labute approximate surface area is 181 Å². The first-order valence-corrected chi connectivity index (χ1v) is 12.3. The van der Waals surface area contributed by atoms with Crippen molar-refractivity contribution in [3.05, 3.63) is 59.7 Å². The highest BCUT2D eigenvalue weighted by Gasteiger charge is 2.34. The average molecular weight is 413 g/mol. The lowest BCUT2D eigenvalue weighted by molar-refractivity contribution is 0.490. The molecule has 0 spiro atoms. The van der Waals surface area contributed by atoms with Crippen LogP contribution in [0.25, 0.3) is 0 Å². The van der Waals surface area contributed by atoms with E-state index < -0.39 is 0 Å². The van der Waals surface area contributed by atoms with Crippen molar-refractivity contribution in [1.82, 2.24) is 0 Å². The van der Waals surface area contributed by atoms with Crippen molar-refractivity contribution >= 4 is 23.5 Å². The van der Waals surface area contributed by atoms with Gasteiger partial charge in [0.05, 0.1) is 4.08 Å². The SMILES string of the molecule is CC(C)(C)c1ccc(SC2(Sc3ccc(C(C)(C)C)cc3)CCCCC2)cc1. The molecule has 0 N–H and O–H groups in total. The topological polar surface area (TPSA) is 0 Å². The van der Waals surface area contributed by atoms with Crippen LogP contribution in [0.3, 0.4) is 0 Å². The van der Waals surface area contributed by atoms with Crippen LogP contribution in [0, 0.1) is 0 Å². The van der Waals surface area contributed by atoms with Crippen molar-refractivity contribution in [3.8, 4) is 0 Å². The van der Waals surface area contributed by atoms with Gasteiger partial charge in [-0.15, -0.1) is 23.5 Å². The lowest BCUT2D eigenvalue weighted by Gasteiger charge is -2.36. The fourth-order valence-electron chi connectivity index (χ4n) is 3.79. The maximum atomic E-state index is 2.34. The zero-order chi connectivity index (χ0) is 20.4. The minimum atomic E-state index is 0.218. The van der Waals surface area contributed by atoms with Gasteiger partial charge >= 0.3 is 0 Å². The summed E-state index contributed by atoms with van der Waals surface area (Å²) in [4.78, 5) is 2.82. The molecule has 2 heteroatoms. The summed E-state index contributed by atoms with van der Waals surface area (Å²) >= 11 is 4.20. The second kappa shape index (κ2) is 8.48. The standard InChI is InChI=1S/C26H36S2/c1-24(2,3)20-10-14-22(15-11-20)27-26(18-8-7-9-19-26)28-23-16-12-21(13-17-23)25(4,5)6/h10-17H,7-9,18-19H2,1-6H3. The van der Waals surface area contributed by atoms with Crippen LogP contribution in [0.2, 0.25) is 0 Å². The van der Waals surface area contributed by atoms with E-state index in [0.29, 0.717) is 0 Å². The van der Waals surface area contributed by atoms with Crippen LogP contribution in [0.15, 0.2) is 58.3 Å². The van der Waals surface area contributed by atoms with E-state index in [-0.39, 0.29) is 14.9 Å². The number of thioether (sulfide) groups is 2. The third kappa shape index (κ3) is 5.60. The van der Waals surface area contributed by atoms with Gasteiger partial charge in [-0.05, 0) is 59.1 Å². The highest BCUT2D eigenvalue weighted by atomic mass is 32.2. The predicted molar refractivity (Wildman–Crippen MR) is 128 cm³/mol. The molecule has 0 aromatic heterocycles. The molecule has 0 radical (unpaired) electrons. The largest absolute Gasteiger partial charge is 0.108 e. The van der Waals surface area contributed by atoms with E-state index in [1.165, 1.54) is 53.0 Å². The van der Waals surface area contributed by atoms with Crippen LogP contribution >= 0.6 is 23.5 Å². The molecule has 0 nitrogen and oxygen atoms in total. The van der Waals surface area contributed by atoms with Crippen LogP contribution in [0.5, 0.6) is 0 Å². The van der Waals surface area contributed by atoms with Crippen molar-refractivity contribution in [1.29, 1.82) is 0 Å². The molecule has 0 bridgehead atoms. The Morgan fingerprint density at radius 1 is 0.571 bits per heavy atom. The molecule has 1 aliphatic carbocycles. The second-order valence-corrected chi connectivity index (χ2v) is 13.4. The molecule has 1 aliphatic rings. The van der Waals surface area contributed by atoms with Gasteiger partial charge in [-0.25, -0.2) is 0 Å². The predicted octanol–water partition coefficient (Wildman–Crippen LogP) is 8.83. The van der Waals surface area contributed by atoms with E-state index in [0.717, 1.165) is 0 Å². The Balaban J connectivity index is 1.79. The Morgan fingerprint density at radius 3 is 1.25 bits per heavy atom. The van der Waals surface area contributed by atoms with Gasteiger partial charge in [0.15, 0.2) is 0 Å². The highest BCUT2D eigenvalue weighted by Crippen LogP contribution is 2.54. The molecule has 0 aliphatic heterocycles. The summed E-state index contributed by atoms with van der Waals surface area (Å²) in [6, 6.07) is 18.6. The maximum absolute atomic E-state index is 2.34.